The minimum atomic E-state index is -0.560. The zero-order chi connectivity index (χ0) is 23.4. The van der Waals surface area contributed by atoms with Crippen LogP contribution in [0.5, 0.6) is 5.75 Å². The van der Waals surface area contributed by atoms with Crippen LogP contribution < -0.4 is 10.1 Å². The highest BCUT2D eigenvalue weighted by molar-refractivity contribution is 9.10. The maximum atomic E-state index is 13.6. The van der Waals surface area contributed by atoms with Crippen molar-refractivity contribution in [2.75, 3.05) is 7.11 Å². The van der Waals surface area contributed by atoms with Crippen LogP contribution in [0, 0.1) is 0 Å². The van der Waals surface area contributed by atoms with Gasteiger partial charge in [0.1, 0.15) is 10.6 Å². The van der Waals surface area contributed by atoms with Crippen LogP contribution >= 0.6 is 28.1 Å². The number of hydrogen-bond acceptors (Lipinski definition) is 4. The lowest BCUT2D eigenvalue weighted by Crippen LogP contribution is -2.57. The first-order valence-electron chi connectivity index (χ1n) is 10.5. The lowest BCUT2D eigenvalue weighted by molar-refractivity contribution is -0.130. The molecule has 3 aromatic rings. The Labute approximate surface area is 206 Å². The van der Waals surface area contributed by atoms with Gasteiger partial charge in [-0.1, -0.05) is 88.7 Å². The molecule has 0 bridgehead atoms. The normalized spacial score (nSPS) is 19.0. The van der Waals surface area contributed by atoms with Crippen LogP contribution in [0.2, 0.25) is 0 Å². The molecule has 5 nitrogen and oxygen atoms in total. The molecule has 0 aromatic heterocycles. The highest BCUT2D eigenvalue weighted by atomic mass is 79.9. The molecule has 1 fully saturated rings. The molecule has 0 saturated carbocycles. The number of benzene rings is 3. The van der Waals surface area contributed by atoms with Gasteiger partial charge in [-0.25, -0.2) is 0 Å². The molecule has 4 rings (SSSR count). The van der Waals surface area contributed by atoms with Gasteiger partial charge in [0.25, 0.3) is 0 Å². The molecule has 0 aliphatic carbocycles. The number of alkyl halides is 1. The van der Waals surface area contributed by atoms with Crippen LogP contribution in [-0.2, 0) is 4.79 Å². The van der Waals surface area contributed by atoms with Crippen molar-refractivity contribution in [3.05, 3.63) is 102 Å². The van der Waals surface area contributed by atoms with Crippen molar-refractivity contribution in [1.29, 1.82) is 0 Å². The van der Waals surface area contributed by atoms with Gasteiger partial charge in [-0.05, 0) is 35.5 Å². The number of hydrogen-bond donors (Lipinski definition) is 1. The van der Waals surface area contributed by atoms with Crippen LogP contribution in [0.25, 0.3) is 0 Å². The lowest BCUT2D eigenvalue weighted by Gasteiger charge is -2.41. The molecule has 3 atom stereocenters. The first kappa shape index (κ1) is 23.1. The van der Waals surface area contributed by atoms with Gasteiger partial charge < -0.3 is 10.1 Å². The summed E-state index contributed by atoms with van der Waals surface area (Å²) >= 11 is 9.25. The summed E-state index contributed by atoms with van der Waals surface area (Å²) in [5.41, 5.74) is 2.36. The van der Waals surface area contributed by atoms with E-state index >= 15 is 0 Å². The average Bonchev–Trinajstić information content (AvgIpc) is 2.86. The van der Waals surface area contributed by atoms with Gasteiger partial charge in [-0.3, -0.25) is 14.5 Å². The summed E-state index contributed by atoms with van der Waals surface area (Å²) < 4.78 is 5.23. The van der Waals surface area contributed by atoms with Gasteiger partial charge in [0.2, 0.25) is 5.91 Å². The Morgan fingerprint density at radius 2 is 1.64 bits per heavy atom. The van der Waals surface area contributed by atoms with Crippen molar-refractivity contribution in [2.45, 2.75) is 23.3 Å². The van der Waals surface area contributed by atoms with Gasteiger partial charge in [0, 0.05) is 12.0 Å². The fourth-order valence-corrected chi connectivity index (χ4v) is 4.96. The van der Waals surface area contributed by atoms with Gasteiger partial charge >= 0.3 is 0 Å². The predicted molar refractivity (Wildman–Crippen MR) is 136 cm³/mol. The number of amides is 1. The van der Waals surface area contributed by atoms with Gasteiger partial charge in [0.05, 0.1) is 19.2 Å². The number of carbonyl (C=O) groups excluding carboxylic acids is 2. The Hall–Kier alpha value is -3.03. The van der Waals surface area contributed by atoms with E-state index in [2.05, 4.69) is 21.2 Å². The van der Waals surface area contributed by atoms with Gasteiger partial charge in [-0.2, -0.15) is 0 Å². The lowest BCUT2D eigenvalue weighted by atomic mass is 9.94. The monoisotopic (exact) mass is 522 g/mol. The first-order valence-corrected chi connectivity index (χ1v) is 11.9. The average molecular weight is 523 g/mol. The van der Waals surface area contributed by atoms with E-state index in [4.69, 9.17) is 17.0 Å². The molecular weight excluding hydrogens is 500 g/mol. The maximum Gasteiger partial charge on any atom is 0.245 e. The molecule has 7 heteroatoms. The molecule has 1 N–H and O–H groups in total. The zero-order valence-corrected chi connectivity index (χ0v) is 20.4. The smallest absolute Gasteiger partial charge is 0.245 e. The number of carbonyl (C=O) groups is 2. The first-order chi connectivity index (χ1) is 16.0. The summed E-state index contributed by atoms with van der Waals surface area (Å²) in [5, 5.41) is 3.60. The molecule has 3 unspecified atom stereocenters. The number of ketones is 1. The number of ether oxygens (including phenoxy) is 1. The standard InChI is InChI=1S/C26H23BrN2O3S/c1-32-20-14-12-19(13-15-20)24-23(27)25(31)29(26(33)28-24)21(17-8-4-2-5-9-17)16-22(30)18-10-6-3-7-11-18/h2-15,21,23-24H,16H2,1H3,(H,28,33). The Bertz CT molecular complexity index is 1140. The van der Waals surface area contributed by atoms with Crippen molar-refractivity contribution in [3.8, 4) is 5.75 Å². The van der Waals surface area contributed by atoms with Crippen molar-refractivity contribution < 1.29 is 14.3 Å². The van der Waals surface area contributed by atoms with Crippen LogP contribution in [0.4, 0.5) is 0 Å². The number of halogens is 1. The Kier molecular flexibility index (Phi) is 7.20. The van der Waals surface area contributed by atoms with E-state index in [0.29, 0.717) is 10.7 Å². The number of methoxy groups -OCH3 is 1. The molecule has 33 heavy (non-hydrogen) atoms. The fraction of sp³-hybridized carbons (Fsp3) is 0.192. The molecule has 0 spiro atoms. The SMILES string of the molecule is COc1ccc(C2NC(=S)N(C(CC(=O)c3ccccc3)c3ccccc3)C(=O)C2Br)cc1. The third-order valence-corrected chi connectivity index (χ3v) is 6.94. The van der Waals surface area contributed by atoms with E-state index in [1.165, 1.54) is 4.90 Å². The topological polar surface area (TPSA) is 58.6 Å². The predicted octanol–water partition coefficient (Wildman–Crippen LogP) is 5.23. The molecular formula is C26H23BrN2O3S. The summed E-state index contributed by atoms with van der Waals surface area (Å²) in [7, 11) is 1.61. The van der Waals surface area contributed by atoms with E-state index < -0.39 is 10.9 Å². The van der Waals surface area contributed by atoms with Crippen LogP contribution in [0.3, 0.4) is 0 Å². The second-order valence-corrected chi connectivity index (χ2v) is 9.10. The van der Waals surface area contributed by atoms with E-state index in [1.807, 2.05) is 72.8 Å². The molecule has 1 aliphatic heterocycles. The minimum Gasteiger partial charge on any atom is -0.497 e. The molecule has 1 saturated heterocycles. The third-order valence-electron chi connectivity index (χ3n) is 5.71. The van der Waals surface area contributed by atoms with Crippen LogP contribution in [0.1, 0.15) is 40.0 Å². The summed E-state index contributed by atoms with van der Waals surface area (Å²) in [6.07, 6.45) is 0.120. The zero-order valence-electron chi connectivity index (χ0n) is 18.0. The summed E-state index contributed by atoms with van der Waals surface area (Å²) in [6.45, 7) is 0. The fourth-order valence-electron chi connectivity index (χ4n) is 3.96. The third kappa shape index (κ3) is 4.99. The highest BCUT2D eigenvalue weighted by Gasteiger charge is 2.42. The van der Waals surface area contributed by atoms with Crippen molar-refractivity contribution in [3.63, 3.8) is 0 Å². The highest BCUT2D eigenvalue weighted by Crippen LogP contribution is 2.35. The van der Waals surface area contributed by atoms with Crippen molar-refractivity contribution in [1.82, 2.24) is 10.2 Å². The largest absolute Gasteiger partial charge is 0.497 e. The molecule has 1 amide bonds. The second-order valence-electron chi connectivity index (χ2n) is 7.73. The number of nitrogens with zero attached hydrogens (tertiary/aromatic N) is 1. The molecule has 3 aromatic carbocycles. The maximum absolute atomic E-state index is 13.6. The second kappa shape index (κ2) is 10.3. The molecule has 1 heterocycles. The molecule has 1 aliphatic rings. The Morgan fingerprint density at radius 1 is 1.03 bits per heavy atom. The number of rotatable bonds is 7. The number of thiocarbonyl (C=S) groups is 1. The Morgan fingerprint density at radius 3 is 2.24 bits per heavy atom. The van der Waals surface area contributed by atoms with E-state index in [-0.39, 0.29) is 24.2 Å². The van der Waals surface area contributed by atoms with Crippen LogP contribution in [0.15, 0.2) is 84.9 Å². The summed E-state index contributed by atoms with van der Waals surface area (Å²) in [6, 6.07) is 25.3. The number of Topliss-reactive ketones (excluding diaryl/α,β-unsaturated/α-hetero) is 1. The van der Waals surface area contributed by atoms with E-state index in [9.17, 15) is 9.59 Å². The van der Waals surface area contributed by atoms with Gasteiger partial charge in [-0.15, -0.1) is 0 Å². The summed E-state index contributed by atoms with van der Waals surface area (Å²) in [4.78, 5) is 27.7. The minimum absolute atomic E-state index is 0.0524. The van der Waals surface area contributed by atoms with E-state index in [1.54, 1.807) is 19.2 Å². The van der Waals surface area contributed by atoms with Gasteiger partial charge in [0.15, 0.2) is 10.9 Å². The number of nitrogens with one attached hydrogen (secondary N) is 1. The van der Waals surface area contributed by atoms with Crippen LogP contribution in [-0.4, -0.2) is 33.6 Å². The Balaban J connectivity index is 1.63. The summed E-state index contributed by atoms with van der Waals surface area (Å²) in [5.74, 6) is 0.498. The quantitative estimate of drug-likeness (QED) is 0.261. The van der Waals surface area contributed by atoms with Crippen molar-refractivity contribution >= 4 is 45.0 Å². The molecule has 0 radical (unpaired) electrons. The molecule has 168 valence electrons. The van der Waals surface area contributed by atoms with E-state index in [0.717, 1.165) is 16.9 Å². The van der Waals surface area contributed by atoms with Crippen molar-refractivity contribution in [2.24, 2.45) is 0 Å².